The molecule has 3 N–H and O–H groups in total. The summed E-state index contributed by atoms with van der Waals surface area (Å²) in [5.41, 5.74) is 1.24. The van der Waals surface area contributed by atoms with Gasteiger partial charge >= 0.3 is 5.97 Å². The fourth-order valence-electron chi connectivity index (χ4n) is 2.79. The second-order valence-corrected chi connectivity index (χ2v) is 6.78. The van der Waals surface area contributed by atoms with Crippen LogP contribution in [-0.2, 0) is 16.6 Å². The molecule has 2 atom stereocenters. The molecule has 8 heteroatoms. The van der Waals surface area contributed by atoms with Crippen molar-refractivity contribution in [3.63, 3.8) is 0 Å². The summed E-state index contributed by atoms with van der Waals surface area (Å²) in [5.74, 6) is -1.62. The highest BCUT2D eigenvalue weighted by molar-refractivity contribution is 6.01. The van der Waals surface area contributed by atoms with Gasteiger partial charge < -0.3 is 25.0 Å². The van der Waals surface area contributed by atoms with E-state index in [4.69, 9.17) is 9.84 Å². The number of nitrogens with one attached hydrogen (secondary N) is 2. The molecule has 0 radical (unpaired) electrons. The summed E-state index contributed by atoms with van der Waals surface area (Å²) in [6.07, 6.45) is 0. The number of benzene rings is 1. The molecule has 0 saturated heterocycles. The number of rotatable bonds is 7. The van der Waals surface area contributed by atoms with Crippen LogP contribution in [0.25, 0.3) is 10.9 Å². The van der Waals surface area contributed by atoms with Crippen LogP contribution in [0.4, 0.5) is 0 Å². The van der Waals surface area contributed by atoms with E-state index in [1.165, 1.54) is 6.92 Å². The Labute approximate surface area is 157 Å². The van der Waals surface area contributed by atoms with Crippen LogP contribution in [0.3, 0.4) is 0 Å². The fraction of sp³-hybridized carbons (Fsp3) is 0.421. The standard InChI is InChI=1S/C19H25N3O5/c1-10(2)16(18(24)20-11(3)19(25)26)21-17(23)15-9-12-8-13(27-5)6-7-14(12)22(15)4/h6-11,16H,1-5H3,(H,20,24)(H,21,23)(H,25,26). The first kappa shape index (κ1) is 20.3. The maximum atomic E-state index is 12.8. The third-order valence-corrected chi connectivity index (χ3v) is 4.45. The molecule has 146 valence electrons. The predicted molar refractivity (Wildman–Crippen MR) is 101 cm³/mol. The van der Waals surface area contributed by atoms with Crippen molar-refractivity contribution in [2.24, 2.45) is 13.0 Å². The number of carbonyl (C=O) groups excluding carboxylic acids is 2. The molecule has 2 aromatic rings. The third-order valence-electron chi connectivity index (χ3n) is 4.45. The van der Waals surface area contributed by atoms with Gasteiger partial charge in [-0.3, -0.25) is 14.4 Å². The molecule has 1 aromatic carbocycles. The quantitative estimate of drug-likeness (QED) is 0.680. The van der Waals surface area contributed by atoms with Crippen LogP contribution >= 0.6 is 0 Å². The number of nitrogens with zero attached hydrogens (tertiary/aromatic N) is 1. The first-order valence-electron chi connectivity index (χ1n) is 8.63. The summed E-state index contributed by atoms with van der Waals surface area (Å²) in [7, 11) is 3.34. The van der Waals surface area contributed by atoms with Crippen molar-refractivity contribution in [3.05, 3.63) is 30.0 Å². The Morgan fingerprint density at radius 2 is 1.78 bits per heavy atom. The molecule has 1 heterocycles. The molecule has 1 aromatic heterocycles. The van der Waals surface area contributed by atoms with Crippen molar-refractivity contribution in [3.8, 4) is 5.75 Å². The zero-order chi connectivity index (χ0) is 20.3. The lowest BCUT2D eigenvalue weighted by molar-refractivity contribution is -0.141. The Balaban J connectivity index is 2.25. The molecule has 2 unspecified atom stereocenters. The van der Waals surface area contributed by atoms with Crippen LogP contribution in [-0.4, -0.2) is 46.7 Å². The van der Waals surface area contributed by atoms with E-state index in [9.17, 15) is 14.4 Å². The molecule has 0 aliphatic carbocycles. The number of methoxy groups -OCH3 is 1. The molecular weight excluding hydrogens is 350 g/mol. The first-order valence-corrected chi connectivity index (χ1v) is 8.63. The number of aliphatic carboxylic acids is 1. The lowest BCUT2D eigenvalue weighted by Gasteiger charge is -2.23. The molecular formula is C19H25N3O5. The van der Waals surface area contributed by atoms with E-state index < -0.39 is 29.9 Å². The van der Waals surface area contributed by atoms with Crippen LogP contribution in [0.1, 0.15) is 31.3 Å². The van der Waals surface area contributed by atoms with Gasteiger partial charge in [-0.05, 0) is 37.1 Å². The summed E-state index contributed by atoms with van der Waals surface area (Å²) in [5, 5.41) is 14.9. The van der Waals surface area contributed by atoms with Crippen molar-refractivity contribution < 1.29 is 24.2 Å². The van der Waals surface area contributed by atoms with Gasteiger partial charge in [0, 0.05) is 18.0 Å². The van der Waals surface area contributed by atoms with Gasteiger partial charge in [-0.25, -0.2) is 0 Å². The van der Waals surface area contributed by atoms with Crippen LogP contribution in [0.2, 0.25) is 0 Å². The van der Waals surface area contributed by atoms with Crippen molar-refractivity contribution in [1.82, 2.24) is 15.2 Å². The number of amides is 2. The summed E-state index contributed by atoms with van der Waals surface area (Å²) in [4.78, 5) is 36.1. The second kappa shape index (κ2) is 8.11. The number of ether oxygens (including phenoxy) is 1. The SMILES string of the molecule is COc1ccc2c(c1)cc(C(=O)NC(C(=O)NC(C)C(=O)O)C(C)C)n2C. The number of aryl methyl sites for hydroxylation is 1. The van der Waals surface area contributed by atoms with Crippen molar-refractivity contribution in [2.75, 3.05) is 7.11 Å². The molecule has 0 aliphatic heterocycles. The smallest absolute Gasteiger partial charge is 0.325 e. The molecule has 0 spiro atoms. The number of hydrogen-bond acceptors (Lipinski definition) is 4. The second-order valence-electron chi connectivity index (χ2n) is 6.78. The van der Waals surface area contributed by atoms with E-state index in [0.717, 1.165) is 10.9 Å². The normalized spacial score (nSPS) is 13.3. The van der Waals surface area contributed by atoms with Gasteiger partial charge in [0.05, 0.1) is 7.11 Å². The average Bonchev–Trinajstić information content (AvgIpc) is 2.94. The van der Waals surface area contributed by atoms with E-state index in [1.807, 2.05) is 18.2 Å². The minimum Gasteiger partial charge on any atom is -0.497 e. The van der Waals surface area contributed by atoms with Gasteiger partial charge in [0.25, 0.3) is 5.91 Å². The number of hydrogen-bond donors (Lipinski definition) is 3. The Morgan fingerprint density at radius 3 is 2.33 bits per heavy atom. The largest absolute Gasteiger partial charge is 0.497 e. The Morgan fingerprint density at radius 1 is 1.11 bits per heavy atom. The Bertz CT molecular complexity index is 872. The topological polar surface area (TPSA) is 110 Å². The summed E-state index contributed by atoms with van der Waals surface area (Å²) in [6.45, 7) is 4.93. The van der Waals surface area contributed by atoms with E-state index in [-0.39, 0.29) is 5.92 Å². The van der Waals surface area contributed by atoms with E-state index in [0.29, 0.717) is 11.4 Å². The maximum absolute atomic E-state index is 12.8. The predicted octanol–water partition coefficient (Wildman–Crippen LogP) is 1.53. The molecule has 8 nitrogen and oxygen atoms in total. The number of carboxylic acid groups (broad SMARTS) is 1. The average molecular weight is 375 g/mol. The monoisotopic (exact) mass is 375 g/mol. The number of fused-ring (bicyclic) bond motifs is 1. The highest BCUT2D eigenvalue weighted by Crippen LogP contribution is 2.24. The van der Waals surface area contributed by atoms with Crippen LogP contribution in [0.5, 0.6) is 5.75 Å². The van der Waals surface area contributed by atoms with Gasteiger partial charge in [0.15, 0.2) is 0 Å². The Kier molecular flexibility index (Phi) is 6.09. The number of carbonyl (C=O) groups is 3. The summed E-state index contributed by atoms with van der Waals surface area (Å²) >= 11 is 0. The highest BCUT2D eigenvalue weighted by atomic mass is 16.5. The molecule has 0 aliphatic rings. The lowest BCUT2D eigenvalue weighted by Crippen LogP contribution is -2.53. The van der Waals surface area contributed by atoms with Gasteiger partial charge in [-0.2, -0.15) is 0 Å². The molecule has 0 fully saturated rings. The lowest BCUT2D eigenvalue weighted by atomic mass is 10.0. The summed E-state index contributed by atoms with van der Waals surface area (Å²) < 4.78 is 6.94. The van der Waals surface area contributed by atoms with Crippen LogP contribution < -0.4 is 15.4 Å². The van der Waals surface area contributed by atoms with Gasteiger partial charge in [-0.15, -0.1) is 0 Å². The van der Waals surface area contributed by atoms with E-state index in [1.54, 1.807) is 38.6 Å². The zero-order valence-corrected chi connectivity index (χ0v) is 16.1. The minimum absolute atomic E-state index is 0.218. The van der Waals surface area contributed by atoms with Gasteiger partial charge in [0.1, 0.15) is 23.5 Å². The molecule has 2 amide bonds. The van der Waals surface area contributed by atoms with Crippen LogP contribution in [0, 0.1) is 5.92 Å². The van der Waals surface area contributed by atoms with Gasteiger partial charge in [0.2, 0.25) is 5.91 Å². The van der Waals surface area contributed by atoms with Gasteiger partial charge in [-0.1, -0.05) is 13.8 Å². The maximum Gasteiger partial charge on any atom is 0.325 e. The number of carboxylic acids is 1. The third kappa shape index (κ3) is 4.39. The zero-order valence-electron chi connectivity index (χ0n) is 16.1. The Hall–Kier alpha value is -3.03. The molecule has 2 rings (SSSR count). The van der Waals surface area contributed by atoms with E-state index in [2.05, 4.69) is 10.6 Å². The van der Waals surface area contributed by atoms with Crippen LogP contribution in [0.15, 0.2) is 24.3 Å². The minimum atomic E-state index is -1.14. The van der Waals surface area contributed by atoms with Crippen molar-refractivity contribution in [2.45, 2.75) is 32.9 Å². The fourth-order valence-corrected chi connectivity index (χ4v) is 2.79. The molecule has 27 heavy (non-hydrogen) atoms. The van der Waals surface area contributed by atoms with Crippen molar-refractivity contribution in [1.29, 1.82) is 0 Å². The molecule has 0 saturated carbocycles. The first-order chi connectivity index (χ1) is 12.6. The van der Waals surface area contributed by atoms with E-state index >= 15 is 0 Å². The molecule has 0 bridgehead atoms. The number of aromatic nitrogens is 1. The highest BCUT2D eigenvalue weighted by Gasteiger charge is 2.28. The van der Waals surface area contributed by atoms with Crippen molar-refractivity contribution >= 4 is 28.7 Å². The summed E-state index contributed by atoms with van der Waals surface area (Å²) in [6, 6.07) is 5.32.